The number of phenols is 2. The molecule has 6 heteroatoms. The molecule has 1 aromatic carbocycles. The van der Waals surface area contributed by atoms with Crippen LogP contribution in [0.4, 0.5) is 0 Å². The van der Waals surface area contributed by atoms with Gasteiger partial charge in [0.25, 0.3) is 0 Å². The highest BCUT2D eigenvalue weighted by Crippen LogP contribution is 2.25. The van der Waals surface area contributed by atoms with Crippen LogP contribution in [-0.2, 0) is 9.53 Å². The molecule has 0 saturated carbocycles. The molecule has 102 valence electrons. The van der Waals surface area contributed by atoms with Crippen molar-refractivity contribution in [1.82, 2.24) is 5.32 Å². The molecule has 0 spiro atoms. The number of carbonyl (C=O) groups excluding carboxylic acids is 2. The van der Waals surface area contributed by atoms with E-state index in [1.165, 1.54) is 12.1 Å². The standard InChI is InChI=1S/C13H15NO5/c1-8(2)12(17)14-5-6-19-13(18)9-3-4-10(15)11(16)7-9/h3-4,7,15-16H,1,5-6H2,2H3,(H,14,17). The second-order valence-electron chi connectivity index (χ2n) is 3.88. The van der Waals surface area contributed by atoms with Gasteiger partial charge in [-0.1, -0.05) is 6.58 Å². The molecular formula is C13H15NO5. The number of rotatable bonds is 5. The normalized spacial score (nSPS) is 9.74. The van der Waals surface area contributed by atoms with Crippen LogP contribution in [0.2, 0.25) is 0 Å². The number of esters is 1. The largest absolute Gasteiger partial charge is 0.504 e. The van der Waals surface area contributed by atoms with E-state index in [1.807, 2.05) is 0 Å². The van der Waals surface area contributed by atoms with E-state index in [9.17, 15) is 14.7 Å². The molecule has 0 saturated heterocycles. The lowest BCUT2D eigenvalue weighted by Crippen LogP contribution is -2.28. The summed E-state index contributed by atoms with van der Waals surface area (Å²) < 4.78 is 4.88. The number of aromatic hydroxyl groups is 2. The molecule has 0 fully saturated rings. The Morgan fingerprint density at radius 2 is 2.00 bits per heavy atom. The Kier molecular flexibility index (Phi) is 4.93. The van der Waals surface area contributed by atoms with Crippen LogP contribution in [0.25, 0.3) is 0 Å². The number of hydrogen-bond donors (Lipinski definition) is 3. The number of phenolic OH excluding ortho intramolecular Hbond substituents is 2. The fourth-order valence-corrected chi connectivity index (χ4v) is 1.19. The molecule has 0 aliphatic carbocycles. The summed E-state index contributed by atoms with van der Waals surface area (Å²) in [5.74, 6) is -1.67. The highest BCUT2D eigenvalue weighted by Gasteiger charge is 2.10. The van der Waals surface area contributed by atoms with Gasteiger partial charge in [0, 0.05) is 5.57 Å². The van der Waals surface area contributed by atoms with Crippen LogP contribution in [0.5, 0.6) is 11.5 Å². The zero-order chi connectivity index (χ0) is 14.4. The topological polar surface area (TPSA) is 95.9 Å². The van der Waals surface area contributed by atoms with Crippen molar-refractivity contribution >= 4 is 11.9 Å². The average Bonchev–Trinajstić information content (AvgIpc) is 2.37. The van der Waals surface area contributed by atoms with E-state index in [4.69, 9.17) is 9.84 Å². The molecule has 1 aromatic rings. The maximum absolute atomic E-state index is 11.5. The molecule has 0 heterocycles. The minimum Gasteiger partial charge on any atom is -0.504 e. The summed E-state index contributed by atoms with van der Waals surface area (Å²) in [5, 5.41) is 20.8. The molecule has 0 unspecified atom stereocenters. The first kappa shape index (κ1) is 14.6. The van der Waals surface area contributed by atoms with Crippen molar-refractivity contribution in [2.75, 3.05) is 13.2 Å². The van der Waals surface area contributed by atoms with E-state index in [-0.39, 0.29) is 30.4 Å². The zero-order valence-corrected chi connectivity index (χ0v) is 10.5. The molecule has 19 heavy (non-hydrogen) atoms. The third-order valence-corrected chi connectivity index (χ3v) is 2.22. The van der Waals surface area contributed by atoms with Crippen LogP contribution < -0.4 is 5.32 Å². The first-order valence-corrected chi connectivity index (χ1v) is 5.54. The molecule has 1 amide bonds. The van der Waals surface area contributed by atoms with E-state index in [1.54, 1.807) is 6.92 Å². The van der Waals surface area contributed by atoms with Crippen molar-refractivity contribution in [3.05, 3.63) is 35.9 Å². The first-order chi connectivity index (χ1) is 8.91. The Bertz CT molecular complexity index is 510. The fraction of sp³-hybridized carbons (Fsp3) is 0.231. The van der Waals surface area contributed by atoms with Crippen LogP contribution in [-0.4, -0.2) is 35.2 Å². The Morgan fingerprint density at radius 1 is 1.32 bits per heavy atom. The van der Waals surface area contributed by atoms with E-state index >= 15 is 0 Å². The molecule has 0 bridgehead atoms. The summed E-state index contributed by atoms with van der Waals surface area (Å²) in [6.07, 6.45) is 0. The number of ether oxygens (including phenoxy) is 1. The molecule has 1 rings (SSSR count). The van der Waals surface area contributed by atoms with Gasteiger partial charge in [0.05, 0.1) is 12.1 Å². The van der Waals surface area contributed by atoms with E-state index in [0.717, 1.165) is 6.07 Å². The van der Waals surface area contributed by atoms with Gasteiger partial charge in [-0.2, -0.15) is 0 Å². The van der Waals surface area contributed by atoms with Gasteiger partial charge in [0.15, 0.2) is 11.5 Å². The molecule has 3 N–H and O–H groups in total. The Labute approximate surface area is 110 Å². The highest BCUT2D eigenvalue weighted by molar-refractivity contribution is 5.92. The summed E-state index contributed by atoms with van der Waals surface area (Å²) in [6, 6.07) is 3.61. The van der Waals surface area contributed by atoms with Crippen molar-refractivity contribution in [2.24, 2.45) is 0 Å². The van der Waals surface area contributed by atoms with Gasteiger partial charge in [0.1, 0.15) is 6.61 Å². The van der Waals surface area contributed by atoms with Crippen LogP contribution >= 0.6 is 0 Å². The number of amides is 1. The van der Waals surface area contributed by atoms with Crippen molar-refractivity contribution in [3.8, 4) is 11.5 Å². The molecular weight excluding hydrogens is 250 g/mol. The SMILES string of the molecule is C=C(C)C(=O)NCCOC(=O)c1ccc(O)c(O)c1. The summed E-state index contributed by atoms with van der Waals surface area (Å²) in [7, 11) is 0. The molecule has 6 nitrogen and oxygen atoms in total. The molecule has 0 aliphatic heterocycles. The second-order valence-corrected chi connectivity index (χ2v) is 3.88. The predicted molar refractivity (Wildman–Crippen MR) is 67.9 cm³/mol. The minimum absolute atomic E-state index is 0.000504. The highest BCUT2D eigenvalue weighted by atomic mass is 16.5. The quantitative estimate of drug-likeness (QED) is 0.319. The van der Waals surface area contributed by atoms with E-state index in [2.05, 4.69) is 11.9 Å². The number of nitrogens with one attached hydrogen (secondary N) is 1. The minimum atomic E-state index is -0.653. The van der Waals surface area contributed by atoms with E-state index < -0.39 is 11.7 Å². The van der Waals surface area contributed by atoms with Crippen molar-refractivity contribution in [3.63, 3.8) is 0 Å². The van der Waals surface area contributed by atoms with Gasteiger partial charge in [-0.3, -0.25) is 4.79 Å². The average molecular weight is 265 g/mol. The van der Waals surface area contributed by atoms with Gasteiger partial charge in [-0.15, -0.1) is 0 Å². The number of carbonyl (C=O) groups is 2. The summed E-state index contributed by atoms with van der Waals surface area (Å²) in [6.45, 7) is 5.20. The molecule has 0 atom stereocenters. The van der Waals surface area contributed by atoms with E-state index in [0.29, 0.717) is 5.57 Å². The third kappa shape index (κ3) is 4.34. The Balaban J connectivity index is 2.41. The van der Waals surface area contributed by atoms with Crippen molar-refractivity contribution in [1.29, 1.82) is 0 Å². The first-order valence-electron chi connectivity index (χ1n) is 5.54. The summed E-state index contributed by atoms with van der Waals surface area (Å²) in [5.41, 5.74) is 0.483. The summed E-state index contributed by atoms with van der Waals surface area (Å²) >= 11 is 0. The molecule has 0 radical (unpaired) electrons. The Hall–Kier alpha value is -2.50. The van der Waals surface area contributed by atoms with Crippen molar-refractivity contribution < 1.29 is 24.5 Å². The smallest absolute Gasteiger partial charge is 0.338 e. The third-order valence-electron chi connectivity index (χ3n) is 2.22. The number of hydrogen-bond acceptors (Lipinski definition) is 5. The second kappa shape index (κ2) is 6.44. The maximum atomic E-state index is 11.5. The Morgan fingerprint density at radius 3 is 2.58 bits per heavy atom. The van der Waals surface area contributed by atoms with Gasteiger partial charge < -0.3 is 20.3 Å². The lowest BCUT2D eigenvalue weighted by molar-refractivity contribution is -0.117. The monoisotopic (exact) mass is 265 g/mol. The van der Waals surface area contributed by atoms with Crippen LogP contribution in [0.1, 0.15) is 17.3 Å². The lowest BCUT2D eigenvalue weighted by atomic mass is 10.2. The molecule has 0 aromatic heterocycles. The maximum Gasteiger partial charge on any atom is 0.338 e. The molecule has 0 aliphatic rings. The predicted octanol–water partition coefficient (Wildman–Crippen LogP) is 0.947. The van der Waals surface area contributed by atoms with Gasteiger partial charge in [0.2, 0.25) is 5.91 Å². The zero-order valence-electron chi connectivity index (χ0n) is 10.5. The van der Waals surface area contributed by atoms with Crippen LogP contribution in [0.15, 0.2) is 30.4 Å². The van der Waals surface area contributed by atoms with Crippen LogP contribution in [0.3, 0.4) is 0 Å². The van der Waals surface area contributed by atoms with Gasteiger partial charge in [-0.05, 0) is 25.1 Å². The van der Waals surface area contributed by atoms with Gasteiger partial charge >= 0.3 is 5.97 Å². The summed E-state index contributed by atoms with van der Waals surface area (Å²) in [4.78, 5) is 22.7. The van der Waals surface area contributed by atoms with Gasteiger partial charge in [-0.25, -0.2) is 4.79 Å². The van der Waals surface area contributed by atoms with Crippen LogP contribution in [0, 0.1) is 0 Å². The van der Waals surface area contributed by atoms with Crippen molar-refractivity contribution in [2.45, 2.75) is 6.92 Å². The fourth-order valence-electron chi connectivity index (χ4n) is 1.19. The lowest BCUT2D eigenvalue weighted by Gasteiger charge is -2.07. The number of benzene rings is 1.